The number of nitrogens with zero attached hydrogens (tertiary/aromatic N) is 2. The average molecular weight is 264 g/mol. The number of nitrogen functional groups attached to an aromatic ring is 1. The fourth-order valence-corrected chi connectivity index (χ4v) is 2.34. The van der Waals surface area contributed by atoms with Gasteiger partial charge in [-0.05, 0) is 25.8 Å². The van der Waals surface area contributed by atoms with Crippen LogP contribution in [0.5, 0.6) is 0 Å². The van der Waals surface area contributed by atoms with Crippen molar-refractivity contribution in [2.75, 3.05) is 25.6 Å². The zero-order chi connectivity index (χ0) is 13.8. The van der Waals surface area contributed by atoms with Crippen molar-refractivity contribution in [2.45, 2.75) is 25.9 Å². The largest absolute Gasteiger partial charge is 0.380 e. The Balaban J connectivity index is 2.19. The van der Waals surface area contributed by atoms with Crippen LogP contribution in [0.2, 0.25) is 0 Å². The Bertz CT molecular complexity index is 464. The summed E-state index contributed by atoms with van der Waals surface area (Å²) in [6, 6.07) is 1.77. The Kier molecular flexibility index (Phi) is 4.34. The van der Waals surface area contributed by atoms with Crippen LogP contribution in [0.3, 0.4) is 0 Å². The van der Waals surface area contributed by atoms with E-state index in [2.05, 4.69) is 10.4 Å². The number of amides is 1. The quantitative estimate of drug-likeness (QED) is 0.627. The van der Waals surface area contributed by atoms with E-state index in [4.69, 9.17) is 10.6 Å². The fourth-order valence-electron chi connectivity index (χ4n) is 2.34. The van der Waals surface area contributed by atoms with E-state index in [-0.39, 0.29) is 12.0 Å². The molecule has 1 aliphatic heterocycles. The molecule has 0 radical (unpaired) electrons. The minimum atomic E-state index is -0.0535. The van der Waals surface area contributed by atoms with Gasteiger partial charge < -0.3 is 15.1 Å². The third-order valence-corrected chi connectivity index (χ3v) is 3.43. The van der Waals surface area contributed by atoms with Gasteiger partial charge in [0.25, 0.3) is 5.91 Å². The van der Waals surface area contributed by atoms with E-state index in [9.17, 15) is 4.79 Å². The fraction of sp³-hybridized carbons (Fsp3) is 0.538. The number of aryl methyl sites for hydroxylation is 1. The van der Waals surface area contributed by atoms with Gasteiger partial charge in [-0.3, -0.25) is 15.6 Å². The van der Waals surface area contributed by atoms with Gasteiger partial charge in [-0.1, -0.05) is 0 Å². The number of hydrogen-bond acceptors (Lipinski definition) is 5. The van der Waals surface area contributed by atoms with Crippen molar-refractivity contribution in [1.82, 2.24) is 9.88 Å². The molecule has 1 aliphatic rings. The van der Waals surface area contributed by atoms with Crippen molar-refractivity contribution in [3.8, 4) is 0 Å². The highest BCUT2D eigenvalue weighted by atomic mass is 16.5. The molecule has 1 fully saturated rings. The lowest BCUT2D eigenvalue weighted by Crippen LogP contribution is -2.43. The van der Waals surface area contributed by atoms with E-state index in [1.54, 1.807) is 24.3 Å². The lowest BCUT2D eigenvalue weighted by molar-refractivity contribution is 0.0269. The monoisotopic (exact) mass is 264 g/mol. The summed E-state index contributed by atoms with van der Waals surface area (Å²) in [4.78, 5) is 18.5. The summed E-state index contributed by atoms with van der Waals surface area (Å²) < 4.78 is 5.33. The van der Waals surface area contributed by atoms with Crippen LogP contribution in [0.1, 0.15) is 28.9 Å². The molecular weight excluding hydrogens is 244 g/mol. The molecule has 1 amide bonds. The molecule has 1 aromatic rings. The Morgan fingerprint density at radius 2 is 2.42 bits per heavy atom. The van der Waals surface area contributed by atoms with E-state index in [0.717, 1.165) is 25.1 Å². The van der Waals surface area contributed by atoms with Crippen LogP contribution in [0.25, 0.3) is 0 Å². The Labute approximate surface area is 112 Å². The number of likely N-dealkylation sites (tertiary alicyclic amines) is 1. The summed E-state index contributed by atoms with van der Waals surface area (Å²) in [6.45, 7) is 3.22. The van der Waals surface area contributed by atoms with Crippen molar-refractivity contribution in [2.24, 2.45) is 5.84 Å². The first-order valence-corrected chi connectivity index (χ1v) is 6.41. The van der Waals surface area contributed by atoms with Crippen LogP contribution < -0.4 is 11.3 Å². The maximum absolute atomic E-state index is 12.5. The number of nitrogens with two attached hydrogens (primary N) is 1. The Hall–Kier alpha value is -1.66. The van der Waals surface area contributed by atoms with Crippen LogP contribution in [0.15, 0.2) is 12.3 Å². The molecule has 1 saturated heterocycles. The predicted octanol–water partition coefficient (Wildman–Crippen LogP) is 0.927. The van der Waals surface area contributed by atoms with Gasteiger partial charge in [0, 0.05) is 32.1 Å². The van der Waals surface area contributed by atoms with E-state index in [1.165, 1.54) is 0 Å². The number of anilines is 1. The molecule has 0 aromatic carbocycles. The maximum atomic E-state index is 12.5. The lowest BCUT2D eigenvalue weighted by atomic mass is 10.1. The number of nitrogens with one attached hydrogen (secondary N) is 1. The third-order valence-electron chi connectivity index (χ3n) is 3.43. The minimum Gasteiger partial charge on any atom is -0.380 e. The first kappa shape index (κ1) is 13.8. The number of methoxy groups -OCH3 is 1. The number of ether oxygens (including phenoxy) is 1. The van der Waals surface area contributed by atoms with Gasteiger partial charge in [0.15, 0.2) is 0 Å². The van der Waals surface area contributed by atoms with Crippen molar-refractivity contribution in [1.29, 1.82) is 0 Å². The lowest BCUT2D eigenvalue weighted by Gasteiger charge is -2.32. The number of carbonyl (C=O) groups is 1. The molecule has 0 aliphatic carbocycles. The zero-order valence-corrected chi connectivity index (χ0v) is 11.3. The molecule has 0 bridgehead atoms. The van der Waals surface area contributed by atoms with Gasteiger partial charge >= 0.3 is 0 Å². The smallest absolute Gasteiger partial charge is 0.257 e. The first-order chi connectivity index (χ1) is 9.15. The molecule has 2 heterocycles. The number of pyridine rings is 1. The van der Waals surface area contributed by atoms with Gasteiger partial charge in [0.2, 0.25) is 0 Å². The maximum Gasteiger partial charge on any atom is 0.257 e. The number of aromatic nitrogens is 1. The first-order valence-electron chi connectivity index (χ1n) is 6.41. The second-order valence-corrected chi connectivity index (χ2v) is 4.77. The second-order valence-electron chi connectivity index (χ2n) is 4.77. The zero-order valence-electron chi connectivity index (χ0n) is 11.3. The average Bonchev–Trinajstić information content (AvgIpc) is 2.46. The molecule has 0 saturated carbocycles. The molecule has 1 aromatic heterocycles. The number of hydrogen-bond donors (Lipinski definition) is 2. The van der Waals surface area contributed by atoms with Crippen molar-refractivity contribution in [3.05, 3.63) is 23.5 Å². The Morgan fingerprint density at radius 3 is 3.11 bits per heavy atom. The van der Waals surface area contributed by atoms with Gasteiger partial charge in [0.1, 0.15) is 0 Å². The van der Waals surface area contributed by atoms with Crippen LogP contribution in [-0.4, -0.2) is 42.1 Å². The van der Waals surface area contributed by atoms with Gasteiger partial charge in [-0.25, -0.2) is 0 Å². The Morgan fingerprint density at radius 1 is 1.63 bits per heavy atom. The molecule has 19 heavy (non-hydrogen) atoms. The van der Waals surface area contributed by atoms with Crippen molar-refractivity contribution in [3.63, 3.8) is 0 Å². The highest BCUT2D eigenvalue weighted by molar-refractivity contribution is 5.99. The molecule has 1 atom stereocenters. The summed E-state index contributed by atoms with van der Waals surface area (Å²) in [5.74, 6) is 5.41. The topological polar surface area (TPSA) is 80.5 Å². The third kappa shape index (κ3) is 3.02. The highest BCUT2D eigenvalue weighted by Crippen LogP contribution is 2.20. The number of hydrazine groups is 1. The van der Waals surface area contributed by atoms with Crippen molar-refractivity contribution < 1.29 is 9.53 Å². The second kappa shape index (κ2) is 5.99. The van der Waals surface area contributed by atoms with Crippen LogP contribution in [0.4, 0.5) is 5.69 Å². The molecular formula is C13H20N4O2. The summed E-state index contributed by atoms with van der Waals surface area (Å²) in [5, 5.41) is 0. The number of piperidine rings is 1. The standard InChI is InChI=1S/C13H20N4O2/c1-9-6-12(16-14)11(7-15-9)13(18)17-5-3-4-10(8-17)19-2/h6-7,10H,3-5,8,14H2,1-2H3,(H,15,16). The molecule has 6 heteroatoms. The van der Waals surface area contributed by atoms with Crippen LogP contribution in [0, 0.1) is 6.92 Å². The summed E-state index contributed by atoms with van der Waals surface area (Å²) in [7, 11) is 1.68. The van der Waals surface area contributed by atoms with Crippen LogP contribution >= 0.6 is 0 Å². The number of carbonyl (C=O) groups excluding carboxylic acids is 1. The molecule has 1 unspecified atom stereocenters. The predicted molar refractivity (Wildman–Crippen MR) is 72.7 cm³/mol. The molecule has 3 N–H and O–H groups in total. The SMILES string of the molecule is COC1CCCN(C(=O)c2cnc(C)cc2NN)C1. The normalized spacial score (nSPS) is 19.3. The van der Waals surface area contributed by atoms with E-state index in [1.807, 2.05) is 6.92 Å². The van der Waals surface area contributed by atoms with Gasteiger partial charge in [0.05, 0.1) is 17.4 Å². The molecule has 6 nitrogen and oxygen atoms in total. The van der Waals surface area contributed by atoms with E-state index < -0.39 is 0 Å². The van der Waals surface area contributed by atoms with Crippen molar-refractivity contribution >= 4 is 11.6 Å². The molecule has 104 valence electrons. The summed E-state index contributed by atoms with van der Waals surface area (Å²) >= 11 is 0. The minimum absolute atomic E-state index is 0.0535. The van der Waals surface area contributed by atoms with E-state index in [0.29, 0.717) is 17.8 Å². The number of rotatable bonds is 3. The summed E-state index contributed by atoms with van der Waals surface area (Å²) in [6.07, 6.45) is 3.64. The highest BCUT2D eigenvalue weighted by Gasteiger charge is 2.25. The van der Waals surface area contributed by atoms with Crippen LogP contribution in [-0.2, 0) is 4.74 Å². The van der Waals surface area contributed by atoms with Gasteiger partial charge in [-0.15, -0.1) is 0 Å². The van der Waals surface area contributed by atoms with Gasteiger partial charge in [-0.2, -0.15) is 0 Å². The van der Waals surface area contributed by atoms with E-state index >= 15 is 0 Å². The molecule has 0 spiro atoms. The summed E-state index contributed by atoms with van der Waals surface area (Å²) in [5.41, 5.74) is 4.49. The molecule has 2 rings (SSSR count).